The van der Waals surface area contributed by atoms with Crippen LogP contribution in [-0.2, 0) is 17.9 Å². The van der Waals surface area contributed by atoms with E-state index >= 15 is 0 Å². The number of amidine groups is 1. The molecule has 0 saturated heterocycles. The van der Waals surface area contributed by atoms with Crippen LogP contribution in [0.1, 0.15) is 22.3 Å². The Balaban J connectivity index is 1.53. The van der Waals surface area contributed by atoms with Crippen molar-refractivity contribution in [2.45, 2.75) is 13.1 Å². The molecule has 6 N–H and O–H groups in total. The Bertz CT molecular complexity index is 1220. The van der Waals surface area contributed by atoms with Crippen molar-refractivity contribution < 1.29 is 4.79 Å². The number of nitriles is 1. The van der Waals surface area contributed by atoms with Crippen molar-refractivity contribution in [1.82, 2.24) is 5.32 Å². The molecule has 7 heteroatoms. The number of hydrogen-bond acceptors (Lipinski definition) is 5. The summed E-state index contributed by atoms with van der Waals surface area (Å²) in [6.07, 6.45) is 2.69. The number of hydrogen-bond donors (Lipinski definition) is 4. The Morgan fingerprint density at radius 3 is 2.09 bits per heavy atom. The third-order valence-corrected chi connectivity index (χ3v) is 4.97. The maximum Gasteiger partial charge on any atom is 0.254 e. The van der Waals surface area contributed by atoms with Gasteiger partial charge in [-0.2, -0.15) is 5.26 Å². The first kappa shape index (κ1) is 23.0. The van der Waals surface area contributed by atoms with Crippen LogP contribution in [0.5, 0.6) is 0 Å². The molecule has 7 nitrogen and oxygen atoms in total. The van der Waals surface area contributed by atoms with E-state index in [0.717, 1.165) is 22.3 Å². The summed E-state index contributed by atoms with van der Waals surface area (Å²) in [6.45, 7) is 0.726. The number of benzene rings is 3. The second-order valence-electron chi connectivity index (χ2n) is 7.27. The monoisotopic (exact) mass is 436 g/mol. The number of amides is 1. The molecule has 3 aromatic carbocycles. The largest absolute Gasteiger partial charge is 0.404 e. The number of carbonyl (C=O) groups is 1. The lowest BCUT2D eigenvalue weighted by Gasteiger charge is -2.07. The number of nitrogens with zero attached hydrogens (tertiary/aromatic N) is 2. The van der Waals surface area contributed by atoms with Gasteiger partial charge in [0.05, 0.1) is 23.8 Å². The number of nitrogens with one attached hydrogen (secondary N) is 2. The summed E-state index contributed by atoms with van der Waals surface area (Å²) in [5, 5.41) is 19.1. The minimum absolute atomic E-state index is 0.000885. The summed E-state index contributed by atoms with van der Waals surface area (Å²) < 4.78 is 0. The van der Waals surface area contributed by atoms with Crippen LogP contribution in [0.2, 0.25) is 0 Å². The highest BCUT2D eigenvalue weighted by molar-refractivity contribution is 6.12. The van der Waals surface area contributed by atoms with Gasteiger partial charge in [-0.1, -0.05) is 60.7 Å². The van der Waals surface area contributed by atoms with Crippen molar-refractivity contribution in [3.63, 3.8) is 0 Å². The van der Waals surface area contributed by atoms with E-state index in [1.54, 1.807) is 36.4 Å². The second kappa shape index (κ2) is 11.1. The Kier molecular flexibility index (Phi) is 7.71. The van der Waals surface area contributed by atoms with Gasteiger partial charge >= 0.3 is 0 Å². The molecule has 0 radical (unpaired) electrons. The molecule has 0 aliphatic heterocycles. The lowest BCUT2D eigenvalue weighted by atomic mass is 10.0. The van der Waals surface area contributed by atoms with Crippen LogP contribution in [0.4, 0.5) is 0 Å². The molecule has 1 amide bonds. The summed E-state index contributed by atoms with van der Waals surface area (Å²) >= 11 is 0. The molecule has 0 aliphatic rings. The van der Waals surface area contributed by atoms with Crippen molar-refractivity contribution in [3.8, 4) is 17.2 Å². The molecule has 0 unspecified atom stereocenters. The molecule has 0 aromatic heterocycles. The number of carbonyl (C=O) groups excluding carboxylic acids is 1. The van der Waals surface area contributed by atoms with Crippen molar-refractivity contribution in [3.05, 3.63) is 107 Å². The Hall–Kier alpha value is -4.70. The van der Waals surface area contributed by atoms with E-state index in [1.807, 2.05) is 36.4 Å². The van der Waals surface area contributed by atoms with Crippen LogP contribution in [0, 0.1) is 16.7 Å². The topological polar surface area (TPSA) is 141 Å². The molecule has 0 saturated carbocycles. The molecule has 3 aromatic rings. The summed E-state index contributed by atoms with van der Waals surface area (Å²) in [7, 11) is 0. The minimum atomic E-state index is -0.326. The van der Waals surface area contributed by atoms with Crippen LogP contribution in [0.3, 0.4) is 0 Å². The molecule has 0 fully saturated rings. The molecular formula is C26H24N6O. The molecule has 33 heavy (non-hydrogen) atoms. The van der Waals surface area contributed by atoms with Crippen LogP contribution >= 0.6 is 0 Å². The lowest BCUT2D eigenvalue weighted by Crippen LogP contribution is -2.25. The second-order valence-corrected chi connectivity index (χ2v) is 7.27. The van der Waals surface area contributed by atoms with E-state index < -0.39 is 0 Å². The highest BCUT2D eigenvalue weighted by atomic mass is 16.1. The van der Waals surface area contributed by atoms with E-state index in [-0.39, 0.29) is 17.3 Å². The fourth-order valence-electron chi connectivity index (χ4n) is 3.05. The van der Waals surface area contributed by atoms with Gasteiger partial charge in [-0.15, -0.1) is 0 Å². The van der Waals surface area contributed by atoms with Crippen molar-refractivity contribution >= 4 is 18.0 Å². The average Bonchev–Trinajstić information content (AvgIpc) is 2.86. The van der Waals surface area contributed by atoms with Gasteiger partial charge in [0.2, 0.25) is 0 Å². The molecule has 0 spiro atoms. The third-order valence-electron chi connectivity index (χ3n) is 4.97. The first-order valence-corrected chi connectivity index (χ1v) is 10.2. The zero-order valence-corrected chi connectivity index (χ0v) is 18.0. The normalized spacial score (nSPS) is 11.2. The summed E-state index contributed by atoms with van der Waals surface area (Å²) in [4.78, 5) is 16.7. The number of nitrogens with two attached hydrogens (primary N) is 2. The number of aliphatic imine (C=N–C) groups is 1. The smallest absolute Gasteiger partial charge is 0.254 e. The Morgan fingerprint density at radius 1 is 0.970 bits per heavy atom. The van der Waals surface area contributed by atoms with Crippen molar-refractivity contribution in [1.29, 1.82) is 10.7 Å². The molecule has 0 atom stereocenters. The van der Waals surface area contributed by atoms with Crippen LogP contribution < -0.4 is 16.8 Å². The first-order chi connectivity index (χ1) is 16.0. The molecule has 0 bridgehead atoms. The van der Waals surface area contributed by atoms with Crippen molar-refractivity contribution in [2.75, 3.05) is 0 Å². The van der Waals surface area contributed by atoms with Crippen LogP contribution in [0.15, 0.2) is 89.6 Å². The van der Waals surface area contributed by atoms with Gasteiger partial charge in [-0.05, 0) is 34.4 Å². The predicted molar refractivity (Wildman–Crippen MR) is 130 cm³/mol. The zero-order valence-electron chi connectivity index (χ0n) is 18.0. The van der Waals surface area contributed by atoms with Crippen LogP contribution in [-0.4, -0.2) is 18.0 Å². The van der Waals surface area contributed by atoms with Gasteiger partial charge in [-0.3, -0.25) is 15.2 Å². The molecule has 0 aliphatic carbocycles. The van der Waals surface area contributed by atoms with Crippen LogP contribution in [0.25, 0.3) is 11.1 Å². The minimum Gasteiger partial charge on any atom is -0.404 e. The quantitative estimate of drug-likeness (QED) is 0.244. The van der Waals surface area contributed by atoms with Gasteiger partial charge in [0, 0.05) is 24.5 Å². The highest BCUT2D eigenvalue weighted by Gasteiger charge is 2.07. The SMILES string of the molecule is N#Cc1ccc(-c2ccc(CN=C/C(=C\N)C(=O)NCc3ccc(C(=N)N)cc3)cc2)cc1. The molecule has 3 rings (SSSR count). The summed E-state index contributed by atoms with van der Waals surface area (Å²) in [5.41, 5.74) is 16.5. The molecular weight excluding hydrogens is 412 g/mol. The van der Waals surface area contributed by atoms with Gasteiger partial charge < -0.3 is 16.8 Å². The van der Waals surface area contributed by atoms with Gasteiger partial charge in [-0.25, -0.2) is 0 Å². The average molecular weight is 437 g/mol. The predicted octanol–water partition coefficient (Wildman–Crippen LogP) is 3.24. The molecule has 164 valence electrons. The zero-order chi connectivity index (χ0) is 23.6. The van der Waals surface area contributed by atoms with Gasteiger partial charge in [0.25, 0.3) is 5.91 Å². The van der Waals surface area contributed by atoms with E-state index in [0.29, 0.717) is 24.2 Å². The fourth-order valence-corrected chi connectivity index (χ4v) is 3.05. The standard InChI is InChI=1S/C26H24N6O/c27-13-18-1-7-21(8-2-18)22-9-3-19(4-10-22)15-31-17-24(14-28)26(33)32-16-20-5-11-23(12-6-20)25(29)30/h1-12,14,17H,15-16,28H2,(H3,29,30)(H,32,33)/b24-14+,31-17?. The summed E-state index contributed by atoms with van der Waals surface area (Å²) in [6, 6.07) is 24.5. The Morgan fingerprint density at radius 2 is 1.55 bits per heavy atom. The third kappa shape index (κ3) is 6.39. The number of nitrogen functional groups attached to an aromatic ring is 1. The number of rotatable bonds is 8. The van der Waals surface area contributed by atoms with E-state index in [2.05, 4.69) is 16.4 Å². The lowest BCUT2D eigenvalue weighted by molar-refractivity contribution is -0.117. The van der Waals surface area contributed by atoms with E-state index in [4.69, 9.17) is 22.1 Å². The highest BCUT2D eigenvalue weighted by Crippen LogP contribution is 2.20. The maximum absolute atomic E-state index is 12.4. The molecule has 0 heterocycles. The van der Waals surface area contributed by atoms with E-state index in [9.17, 15) is 4.79 Å². The fraction of sp³-hybridized carbons (Fsp3) is 0.0769. The van der Waals surface area contributed by atoms with Gasteiger partial charge in [0.1, 0.15) is 5.84 Å². The first-order valence-electron chi connectivity index (χ1n) is 10.2. The maximum atomic E-state index is 12.4. The van der Waals surface area contributed by atoms with E-state index in [1.165, 1.54) is 12.4 Å². The van der Waals surface area contributed by atoms with Gasteiger partial charge in [0.15, 0.2) is 0 Å². The summed E-state index contributed by atoms with van der Waals surface area (Å²) in [5.74, 6) is -0.327. The Labute approximate surface area is 192 Å². The van der Waals surface area contributed by atoms with Crippen molar-refractivity contribution in [2.24, 2.45) is 16.5 Å².